The number of nitrogens with zero attached hydrogens (tertiary/aromatic N) is 4. The third kappa shape index (κ3) is 3.86. The van der Waals surface area contributed by atoms with Gasteiger partial charge >= 0.3 is 0 Å². The van der Waals surface area contributed by atoms with Crippen LogP contribution in [0.25, 0.3) is 11.4 Å². The van der Waals surface area contributed by atoms with E-state index in [0.717, 1.165) is 37.1 Å². The summed E-state index contributed by atoms with van der Waals surface area (Å²) in [5, 5.41) is 9.17. The van der Waals surface area contributed by atoms with Gasteiger partial charge in [0.25, 0.3) is 0 Å². The third-order valence-electron chi connectivity index (χ3n) is 4.73. The Hall–Kier alpha value is -2.51. The largest absolute Gasteiger partial charge is 0.341 e. The van der Waals surface area contributed by atoms with E-state index < -0.39 is 5.25 Å². The van der Waals surface area contributed by atoms with Crippen molar-refractivity contribution in [3.8, 4) is 11.4 Å². The number of hydrogen-bond donors (Lipinski definition) is 1. The third-order valence-corrected chi connectivity index (χ3v) is 6.19. The lowest BCUT2D eigenvalue weighted by molar-refractivity contribution is -0.129. The first-order valence-corrected chi connectivity index (χ1v) is 10.4. The van der Waals surface area contributed by atoms with Crippen molar-refractivity contribution in [2.24, 2.45) is 0 Å². The Kier molecular flexibility index (Phi) is 5.54. The fourth-order valence-electron chi connectivity index (χ4n) is 3.25. The van der Waals surface area contributed by atoms with Crippen molar-refractivity contribution in [3.05, 3.63) is 65.2 Å². The number of thioether (sulfide) groups is 1. The summed E-state index contributed by atoms with van der Waals surface area (Å²) < 4.78 is 1.43. The van der Waals surface area contributed by atoms with Crippen LogP contribution < -0.4 is 5.84 Å². The van der Waals surface area contributed by atoms with Crippen molar-refractivity contribution >= 4 is 29.3 Å². The number of amides is 1. The van der Waals surface area contributed by atoms with Gasteiger partial charge in [0.05, 0.1) is 0 Å². The van der Waals surface area contributed by atoms with Crippen LogP contribution >= 0.6 is 23.4 Å². The van der Waals surface area contributed by atoms with Crippen LogP contribution in [0.3, 0.4) is 0 Å². The number of carbonyl (C=O) groups excluding carboxylic acids is 1. The number of rotatable bonds is 5. The van der Waals surface area contributed by atoms with Crippen LogP contribution in [0.5, 0.6) is 0 Å². The second-order valence-corrected chi connectivity index (χ2v) is 8.13. The number of carbonyl (C=O) groups is 1. The highest BCUT2D eigenvalue weighted by Crippen LogP contribution is 2.37. The molecule has 1 amide bonds. The van der Waals surface area contributed by atoms with Crippen molar-refractivity contribution in [1.29, 1.82) is 0 Å². The van der Waals surface area contributed by atoms with Gasteiger partial charge in [0.2, 0.25) is 11.1 Å². The Morgan fingerprint density at radius 2 is 1.71 bits per heavy atom. The van der Waals surface area contributed by atoms with Crippen molar-refractivity contribution in [2.75, 3.05) is 18.9 Å². The monoisotopic (exact) mass is 413 g/mol. The average Bonchev–Trinajstić information content (AvgIpc) is 3.38. The van der Waals surface area contributed by atoms with E-state index in [0.29, 0.717) is 16.0 Å². The van der Waals surface area contributed by atoms with E-state index in [1.807, 2.05) is 47.4 Å². The van der Waals surface area contributed by atoms with E-state index in [1.54, 1.807) is 12.1 Å². The molecule has 0 aliphatic carbocycles. The molecular formula is C20H20ClN5OS. The smallest absolute Gasteiger partial charge is 0.240 e. The van der Waals surface area contributed by atoms with Gasteiger partial charge in [0.1, 0.15) is 5.25 Å². The predicted octanol–water partition coefficient (Wildman–Crippen LogP) is 3.77. The summed E-state index contributed by atoms with van der Waals surface area (Å²) in [6, 6.07) is 17.0. The van der Waals surface area contributed by atoms with Gasteiger partial charge in [0, 0.05) is 23.7 Å². The summed E-state index contributed by atoms with van der Waals surface area (Å²) in [6.45, 7) is 1.60. The Bertz CT molecular complexity index is 954. The van der Waals surface area contributed by atoms with Gasteiger partial charge in [-0.05, 0) is 42.7 Å². The first-order chi connectivity index (χ1) is 13.6. The Labute approximate surface area is 172 Å². The molecule has 8 heteroatoms. The van der Waals surface area contributed by atoms with Crippen LogP contribution in [0, 0.1) is 0 Å². The molecule has 1 atom stereocenters. The highest BCUT2D eigenvalue weighted by molar-refractivity contribution is 8.00. The quantitative estimate of drug-likeness (QED) is 0.509. The Morgan fingerprint density at radius 1 is 1.04 bits per heavy atom. The molecule has 4 rings (SSSR count). The first kappa shape index (κ1) is 18.8. The normalized spacial score (nSPS) is 15.0. The highest BCUT2D eigenvalue weighted by Gasteiger charge is 2.30. The summed E-state index contributed by atoms with van der Waals surface area (Å²) >= 11 is 7.29. The van der Waals surface area contributed by atoms with Crippen LogP contribution in [0.4, 0.5) is 0 Å². The van der Waals surface area contributed by atoms with Crippen LogP contribution in [0.15, 0.2) is 59.8 Å². The summed E-state index contributed by atoms with van der Waals surface area (Å²) in [4.78, 5) is 15.1. The maximum Gasteiger partial charge on any atom is 0.240 e. The highest BCUT2D eigenvalue weighted by atomic mass is 35.5. The molecule has 1 aliphatic heterocycles. The van der Waals surface area contributed by atoms with Crippen LogP contribution in [0.1, 0.15) is 23.7 Å². The van der Waals surface area contributed by atoms with Gasteiger partial charge in [-0.15, -0.1) is 10.2 Å². The van der Waals surface area contributed by atoms with Gasteiger partial charge in [-0.25, -0.2) is 4.68 Å². The Morgan fingerprint density at radius 3 is 2.39 bits per heavy atom. The molecule has 3 aromatic rings. The van der Waals surface area contributed by atoms with E-state index in [4.69, 9.17) is 17.4 Å². The molecule has 2 N–H and O–H groups in total. The zero-order chi connectivity index (χ0) is 19.5. The first-order valence-electron chi connectivity index (χ1n) is 9.10. The molecule has 2 aromatic carbocycles. The fourth-order valence-corrected chi connectivity index (χ4v) is 4.42. The van der Waals surface area contributed by atoms with Gasteiger partial charge in [-0.2, -0.15) is 0 Å². The topological polar surface area (TPSA) is 77.0 Å². The molecule has 1 saturated heterocycles. The Balaban J connectivity index is 1.63. The molecule has 1 fully saturated rings. The van der Waals surface area contributed by atoms with E-state index in [9.17, 15) is 4.79 Å². The van der Waals surface area contributed by atoms with Crippen LogP contribution in [-0.2, 0) is 4.79 Å². The van der Waals surface area contributed by atoms with Gasteiger partial charge in [-0.1, -0.05) is 53.7 Å². The molecule has 144 valence electrons. The molecule has 2 heterocycles. The van der Waals surface area contributed by atoms with E-state index >= 15 is 0 Å². The maximum absolute atomic E-state index is 13.2. The van der Waals surface area contributed by atoms with E-state index in [1.165, 1.54) is 16.4 Å². The lowest BCUT2D eigenvalue weighted by Crippen LogP contribution is -2.31. The zero-order valence-electron chi connectivity index (χ0n) is 15.2. The summed E-state index contributed by atoms with van der Waals surface area (Å²) in [5.41, 5.74) is 1.74. The standard InChI is InChI=1S/C20H20ClN5OS/c21-16-10-8-15(9-11-16)18-23-24-20(26(18)22)28-17(14-6-2-1-3-7-14)19(27)25-12-4-5-13-25/h1-3,6-11,17H,4-5,12-13,22H2/t17-/m0/s1. The van der Waals surface area contributed by atoms with Crippen LogP contribution in [-0.4, -0.2) is 38.8 Å². The van der Waals surface area contributed by atoms with Crippen molar-refractivity contribution in [3.63, 3.8) is 0 Å². The summed E-state index contributed by atoms with van der Waals surface area (Å²) in [5.74, 6) is 6.88. The summed E-state index contributed by atoms with van der Waals surface area (Å²) in [6.07, 6.45) is 2.09. The molecule has 28 heavy (non-hydrogen) atoms. The number of aromatic nitrogens is 3. The van der Waals surface area contributed by atoms with Crippen LogP contribution in [0.2, 0.25) is 5.02 Å². The molecule has 0 unspecified atom stereocenters. The predicted molar refractivity (Wildman–Crippen MR) is 111 cm³/mol. The van der Waals surface area contributed by atoms with E-state index in [2.05, 4.69) is 10.2 Å². The van der Waals surface area contributed by atoms with Crippen molar-refractivity contribution < 1.29 is 4.79 Å². The molecular weight excluding hydrogens is 394 g/mol. The van der Waals surface area contributed by atoms with Gasteiger partial charge in [-0.3, -0.25) is 4.79 Å². The lowest BCUT2D eigenvalue weighted by Gasteiger charge is -2.22. The number of nitrogen functional groups attached to an aromatic ring is 1. The number of halogens is 1. The second kappa shape index (κ2) is 8.24. The number of benzene rings is 2. The van der Waals surface area contributed by atoms with E-state index in [-0.39, 0.29) is 5.91 Å². The SMILES string of the molecule is Nn1c(S[C@H](C(=O)N2CCCC2)c2ccccc2)nnc1-c1ccc(Cl)cc1. The van der Waals surface area contributed by atoms with Crippen molar-refractivity contribution in [1.82, 2.24) is 19.8 Å². The maximum atomic E-state index is 13.2. The van der Waals surface area contributed by atoms with Crippen molar-refractivity contribution in [2.45, 2.75) is 23.2 Å². The number of nitrogens with two attached hydrogens (primary N) is 1. The minimum atomic E-state index is -0.413. The minimum Gasteiger partial charge on any atom is -0.341 e. The molecule has 1 aromatic heterocycles. The summed E-state index contributed by atoms with van der Waals surface area (Å²) in [7, 11) is 0. The lowest BCUT2D eigenvalue weighted by atomic mass is 10.1. The molecule has 1 aliphatic rings. The van der Waals surface area contributed by atoms with Gasteiger partial charge < -0.3 is 10.7 Å². The zero-order valence-corrected chi connectivity index (χ0v) is 16.7. The molecule has 0 radical (unpaired) electrons. The average molecular weight is 414 g/mol. The fraction of sp³-hybridized carbons (Fsp3) is 0.250. The molecule has 0 spiro atoms. The molecule has 0 bridgehead atoms. The second-order valence-electron chi connectivity index (χ2n) is 6.62. The number of hydrogen-bond acceptors (Lipinski definition) is 5. The molecule has 6 nitrogen and oxygen atoms in total. The van der Waals surface area contributed by atoms with Gasteiger partial charge in [0.15, 0.2) is 5.82 Å². The number of likely N-dealkylation sites (tertiary alicyclic amines) is 1. The molecule has 0 saturated carbocycles. The minimum absolute atomic E-state index is 0.0877.